The van der Waals surface area contributed by atoms with Crippen LogP contribution in [-0.2, 0) is 16.4 Å². The van der Waals surface area contributed by atoms with Gasteiger partial charge in [0, 0.05) is 6.42 Å². The van der Waals surface area contributed by atoms with Gasteiger partial charge < -0.3 is 10.8 Å². The molecule has 0 bridgehead atoms. The Labute approximate surface area is 95.3 Å². The summed E-state index contributed by atoms with van der Waals surface area (Å²) in [5.41, 5.74) is 7.16. The van der Waals surface area contributed by atoms with Gasteiger partial charge in [0.05, 0.1) is 12.4 Å². The smallest absolute Gasteiger partial charge is 0.210 e. The van der Waals surface area contributed by atoms with Crippen LogP contribution in [0.25, 0.3) is 0 Å². The largest absolute Gasteiger partial charge is 0.508 e. The number of phenols is 1. The van der Waals surface area contributed by atoms with Crippen LogP contribution in [0, 0.1) is 6.92 Å². The van der Waals surface area contributed by atoms with Crippen molar-refractivity contribution in [1.29, 1.82) is 0 Å². The number of benzene rings is 1. The quantitative estimate of drug-likeness (QED) is 0.654. The van der Waals surface area contributed by atoms with Crippen LogP contribution in [0.15, 0.2) is 18.2 Å². The Hall–Kier alpha value is -1.11. The molecule has 0 aliphatic rings. The van der Waals surface area contributed by atoms with Gasteiger partial charge in [-0.1, -0.05) is 12.1 Å². The fourth-order valence-electron chi connectivity index (χ4n) is 1.35. The monoisotopic (exact) mass is 244 g/mol. The van der Waals surface area contributed by atoms with Crippen molar-refractivity contribution in [2.45, 2.75) is 19.5 Å². The molecule has 0 aliphatic heterocycles. The third-order valence-electron chi connectivity index (χ3n) is 2.09. The summed E-state index contributed by atoms with van der Waals surface area (Å²) in [5, 5.41) is 9.47. The highest BCUT2D eigenvalue weighted by atomic mass is 32.2. The van der Waals surface area contributed by atoms with E-state index >= 15 is 0 Å². The number of nitrogens with one attached hydrogen (secondary N) is 1. The first-order valence-corrected chi connectivity index (χ1v) is 6.68. The molecule has 6 heteroatoms. The lowest BCUT2D eigenvalue weighted by molar-refractivity contribution is 0.469. The van der Waals surface area contributed by atoms with Crippen molar-refractivity contribution >= 4 is 10.0 Å². The molecule has 0 aliphatic carbocycles. The van der Waals surface area contributed by atoms with E-state index in [0.29, 0.717) is 6.42 Å². The van der Waals surface area contributed by atoms with Crippen LogP contribution >= 0.6 is 0 Å². The van der Waals surface area contributed by atoms with Gasteiger partial charge >= 0.3 is 0 Å². The average molecular weight is 244 g/mol. The zero-order valence-electron chi connectivity index (χ0n) is 9.27. The zero-order chi connectivity index (χ0) is 12.3. The molecular formula is C10H16N2O3S. The fraction of sp³-hybridized carbons (Fsp3) is 0.400. The van der Waals surface area contributed by atoms with Crippen LogP contribution in [0.3, 0.4) is 0 Å². The molecule has 0 aromatic heterocycles. The van der Waals surface area contributed by atoms with E-state index < -0.39 is 16.2 Å². The van der Waals surface area contributed by atoms with Crippen LogP contribution in [0.1, 0.15) is 11.1 Å². The SMILES string of the molecule is Cc1ccc(CC(N)NS(C)(=O)=O)cc1O. The van der Waals surface area contributed by atoms with Crippen LogP contribution in [-0.4, -0.2) is 25.9 Å². The van der Waals surface area contributed by atoms with Crippen molar-refractivity contribution in [2.24, 2.45) is 5.73 Å². The Morgan fingerprint density at radius 2 is 2.12 bits per heavy atom. The lowest BCUT2D eigenvalue weighted by Gasteiger charge is -2.12. The van der Waals surface area contributed by atoms with Crippen molar-refractivity contribution in [2.75, 3.05) is 6.26 Å². The highest BCUT2D eigenvalue weighted by molar-refractivity contribution is 7.88. The maximum Gasteiger partial charge on any atom is 0.210 e. The van der Waals surface area contributed by atoms with Gasteiger partial charge in [0.1, 0.15) is 5.75 Å². The number of hydrogen-bond donors (Lipinski definition) is 3. The van der Waals surface area contributed by atoms with Gasteiger partial charge in [-0.15, -0.1) is 0 Å². The topological polar surface area (TPSA) is 92.4 Å². The van der Waals surface area contributed by atoms with Gasteiger partial charge in [0.15, 0.2) is 0 Å². The molecule has 1 aromatic carbocycles. The van der Waals surface area contributed by atoms with Gasteiger partial charge in [-0.2, -0.15) is 4.72 Å². The Morgan fingerprint density at radius 3 is 2.62 bits per heavy atom. The van der Waals surface area contributed by atoms with Crippen molar-refractivity contribution in [3.05, 3.63) is 29.3 Å². The van der Waals surface area contributed by atoms with Crippen molar-refractivity contribution in [3.8, 4) is 5.75 Å². The Kier molecular flexibility index (Phi) is 3.90. The van der Waals surface area contributed by atoms with E-state index in [2.05, 4.69) is 4.72 Å². The molecular weight excluding hydrogens is 228 g/mol. The first kappa shape index (κ1) is 13.0. The summed E-state index contributed by atoms with van der Waals surface area (Å²) in [6.45, 7) is 1.79. The Morgan fingerprint density at radius 1 is 1.50 bits per heavy atom. The number of phenolic OH excluding ortho intramolecular Hbond substituents is 1. The third-order valence-corrected chi connectivity index (χ3v) is 2.83. The van der Waals surface area contributed by atoms with E-state index in [4.69, 9.17) is 5.73 Å². The van der Waals surface area contributed by atoms with Gasteiger partial charge in [0.2, 0.25) is 10.0 Å². The highest BCUT2D eigenvalue weighted by Crippen LogP contribution is 2.17. The molecule has 0 radical (unpaired) electrons. The average Bonchev–Trinajstić information content (AvgIpc) is 2.08. The summed E-state index contributed by atoms with van der Waals surface area (Å²) in [7, 11) is -3.30. The lowest BCUT2D eigenvalue weighted by Crippen LogP contribution is -2.42. The molecule has 0 amide bonds. The predicted molar refractivity (Wildman–Crippen MR) is 62.5 cm³/mol. The van der Waals surface area contributed by atoms with Crippen LogP contribution in [0.5, 0.6) is 5.75 Å². The minimum absolute atomic E-state index is 0.184. The van der Waals surface area contributed by atoms with E-state index in [1.54, 1.807) is 25.1 Å². The lowest BCUT2D eigenvalue weighted by atomic mass is 10.1. The van der Waals surface area contributed by atoms with E-state index in [1.807, 2.05) is 0 Å². The van der Waals surface area contributed by atoms with Gasteiger partial charge in [-0.3, -0.25) is 0 Å². The van der Waals surface area contributed by atoms with Crippen molar-refractivity contribution in [1.82, 2.24) is 4.72 Å². The summed E-state index contributed by atoms with van der Waals surface area (Å²) in [5.74, 6) is 0.184. The number of sulfonamides is 1. The second kappa shape index (κ2) is 4.82. The fourth-order valence-corrected chi connectivity index (χ4v) is 1.99. The van der Waals surface area contributed by atoms with E-state index in [1.165, 1.54) is 0 Å². The van der Waals surface area contributed by atoms with E-state index in [0.717, 1.165) is 17.4 Å². The first-order chi connectivity index (χ1) is 7.28. The molecule has 0 spiro atoms. The molecule has 0 saturated heterocycles. The molecule has 16 heavy (non-hydrogen) atoms. The van der Waals surface area contributed by atoms with Gasteiger partial charge in [-0.05, 0) is 24.1 Å². The summed E-state index contributed by atoms with van der Waals surface area (Å²) in [6.07, 6.45) is 0.706. The Bertz CT molecular complexity index is 471. The molecule has 1 aromatic rings. The summed E-state index contributed by atoms with van der Waals surface area (Å²) in [4.78, 5) is 0. The van der Waals surface area contributed by atoms with Crippen LogP contribution < -0.4 is 10.5 Å². The maximum absolute atomic E-state index is 10.9. The van der Waals surface area contributed by atoms with Crippen molar-refractivity contribution < 1.29 is 13.5 Å². The highest BCUT2D eigenvalue weighted by Gasteiger charge is 2.10. The minimum atomic E-state index is -3.30. The third kappa shape index (κ3) is 4.18. The predicted octanol–water partition coefficient (Wildman–Crippen LogP) is 0.0771. The second-order valence-electron chi connectivity index (χ2n) is 3.82. The number of nitrogens with two attached hydrogens (primary N) is 1. The first-order valence-electron chi connectivity index (χ1n) is 4.79. The standard InChI is InChI=1S/C10H16N2O3S/c1-7-3-4-8(5-9(7)13)6-10(11)12-16(2,14)15/h3-5,10,12-13H,6,11H2,1-2H3. The molecule has 4 N–H and O–H groups in total. The summed E-state index contributed by atoms with van der Waals surface area (Å²) >= 11 is 0. The second-order valence-corrected chi connectivity index (χ2v) is 5.60. The molecule has 1 atom stereocenters. The van der Waals surface area contributed by atoms with Crippen molar-refractivity contribution in [3.63, 3.8) is 0 Å². The number of aryl methyl sites for hydroxylation is 1. The van der Waals surface area contributed by atoms with Crippen LogP contribution in [0.4, 0.5) is 0 Å². The molecule has 0 fully saturated rings. The van der Waals surface area contributed by atoms with E-state index in [9.17, 15) is 13.5 Å². The Balaban J connectivity index is 2.70. The molecule has 90 valence electrons. The van der Waals surface area contributed by atoms with E-state index in [-0.39, 0.29) is 5.75 Å². The molecule has 0 heterocycles. The number of rotatable bonds is 4. The molecule has 1 unspecified atom stereocenters. The minimum Gasteiger partial charge on any atom is -0.508 e. The normalized spacial score (nSPS) is 13.7. The number of aromatic hydroxyl groups is 1. The van der Waals surface area contributed by atoms with Gasteiger partial charge in [0.25, 0.3) is 0 Å². The van der Waals surface area contributed by atoms with Crippen LogP contribution in [0.2, 0.25) is 0 Å². The molecule has 0 saturated carbocycles. The molecule has 1 rings (SSSR count). The summed E-state index contributed by atoms with van der Waals surface area (Å²) in [6, 6.07) is 5.15. The van der Waals surface area contributed by atoms with Gasteiger partial charge in [-0.25, -0.2) is 8.42 Å². The summed E-state index contributed by atoms with van der Waals surface area (Å²) < 4.78 is 24.1. The number of hydrogen-bond acceptors (Lipinski definition) is 4. The maximum atomic E-state index is 10.9. The zero-order valence-corrected chi connectivity index (χ0v) is 10.1. The molecule has 5 nitrogen and oxygen atoms in total.